The Bertz CT molecular complexity index is 1070. The molecular weight excluding hydrogens is 462 g/mol. The lowest BCUT2D eigenvalue weighted by molar-refractivity contribution is -0.149. The zero-order valence-corrected chi connectivity index (χ0v) is 21.3. The summed E-state index contributed by atoms with van der Waals surface area (Å²) < 4.78 is 16.0. The number of esters is 1. The van der Waals surface area contributed by atoms with E-state index in [0.29, 0.717) is 24.3 Å². The molecule has 2 aromatic rings. The summed E-state index contributed by atoms with van der Waals surface area (Å²) in [5.74, 6) is -2.25. The van der Waals surface area contributed by atoms with E-state index in [0.717, 1.165) is 16.7 Å². The zero-order chi connectivity index (χ0) is 26.2. The average molecular weight is 498 g/mol. The Labute approximate surface area is 211 Å². The predicted molar refractivity (Wildman–Crippen MR) is 134 cm³/mol. The fourth-order valence-electron chi connectivity index (χ4n) is 4.83. The quantitative estimate of drug-likeness (QED) is 0.430. The molecule has 0 bridgehead atoms. The third-order valence-electron chi connectivity index (χ3n) is 6.77. The van der Waals surface area contributed by atoms with Gasteiger partial charge in [-0.15, -0.1) is 0 Å². The van der Waals surface area contributed by atoms with Gasteiger partial charge < -0.3 is 19.3 Å². The summed E-state index contributed by atoms with van der Waals surface area (Å²) in [4.78, 5) is 38.4. The second-order valence-electron chi connectivity index (χ2n) is 9.06. The van der Waals surface area contributed by atoms with Crippen LogP contribution in [0.2, 0.25) is 0 Å². The molecule has 0 fully saturated rings. The molecule has 3 rings (SSSR count). The van der Waals surface area contributed by atoms with Crippen molar-refractivity contribution in [3.63, 3.8) is 0 Å². The first kappa shape index (κ1) is 27.2. The third-order valence-corrected chi connectivity index (χ3v) is 6.77. The molecule has 4 atom stereocenters. The lowest BCUT2D eigenvalue weighted by Gasteiger charge is -2.32. The van der Waals surface area contributed by atoms with Crippen LogP contribution in [0.25, 0.3) is 0 Å². The minimum atomic E-state index is -1.02. The van der Waals surface area contributed by atoms with Crippen LogP contribution in [0.1, 0.15) is 37.0 Å². The smallest absolute Gasteiger partial charge is 0.323 e. The van der Waals surface area contributed by atoms with Gasteiger partial charge in [0.15, 0.2) is 17.3 Å². The molecule has 0 amide bonds. The molecule has 0 radical (unpaired) electrons. The Hall–Kier alpha value is -3.39. The lowest BCUT2D eigenvalue weighted by Crippen LogP contribution is -2.50. The maximum absolute atomic E-state index is 13.6. The van der Waals surface area contributed by atoms with Crippen molar-refractivity contribution in [2.24, 2.45) is 11.8 Å². The number of ketones is 1. The second kappa shape index (κ2) is 12.5. The third kappa shape index (κ3) is 6.43. The number of rotatable bonds is 12. The van der Waals surface area contributed by atoms with Gasteiger partial charge in [-0.1, -0.05) is 30.3 Å². The molecule has 0 spiro atoms. The Kier molecular flexibility index (Phi) is 9.47. The van der Waals surface area contributed by atoms with Gasteiger partial charge in [-0.3, -0.25) is 19.7 Å². The first-order valence-corrected chi connectivity index (χ1v) is 12.3. The fraction of sp³-hybridized carbons (Fsp3) is 0.464. The van der Waals surface area contributed by atoms with E-state index in [4.69, 9.17) is 14.2 Å². The van der Waals surface area contributed by atoms with E-state index in [-0.39, 0.29) is 25.2 Å². The van der Waals surface area contributed by atoms with Gasteiger partial charge in [0, 0.05) is 5.92 Å². The predicted octanol–water partition coefficient (Wildman–Crippen LogP) is 3.23. The van der Waals surface area contributed by atoms with Crippen LogP contribution in [-0.2, 0) is 38.4 Å². The average Bonchev–Trinajstić information content (AvgIpc) is 2.89. The number of aryl methyl sites for hydroxylation is 1. The molecule has 0 saturated carbocycles. The molecule has 0 saturated heterocycles. The highest BCUT2D eigenvalue weighted by atomic mass is 16.5. The van der Waals surface area contributed by atoms with Gasteiger partial charge in [0.25, 0.3) is 0 Å². The second-order valence-corrected chi connectivity index (χ2v) is 9.06. The number of carboxylic acid groups (broad SMARTS) is 1. The summed E-state index contributed by atoms with van der Waals surface area (Å²) in [7, 11) is 3.06. The molecule has 2 unspecified atom stereocenters. The highest BCUT2D eigenvalue weighted by molar-refractivity contribution is 5.91. The van der Waals surface area contributed by atoms with E-state index < -0.39 is 35.9 Å². The monoisotopic (exact) mass is 497 g/mol. The fourth-order valence-corrected chi connectivity index (χ4v) is 4.83. The Morgan fingerprint density at radius 1 is 1.00 bits per heavy atom. The van der Waals surface area contributed by atoms with Gasteiger partial charge in [-0.25, -0.2) is 0 Å². The van der Waals surface area contributed by atoms with Gasteiger partial charge in [0.2, 0.25) is 0 Å². The summed E-state index contributed by atoms with van der Waals surface area (Å²) in [6.07, 6.45) is 1.57. The van der Waals surface area contributed by atoms with Crippen molar-refractivity contribution >= 4 is 17.7 Å². The van der Waals surface area contributed by atoms with Crippen LogP contribution in [-0.4, -0.2) is 55.7 Å². The molecule has 0 aromatic heterocycles. The molecule has 2 aromatic carbocycles. The van der Waals surface area contributed by atoms with Crippen LogP contribution >= 0.6 is 0 Å². The first-order chi connectivity index (χ1) is 17.3. The number of methoxy groups -OCH3 is 2. The number of hydrogen-bond donors (Lipinski definition) is 2. The normalized spacial score (nSPS) is 18.4. The number of hydrogen-bond acceptors (Lipinski definition) is 7. The van der Waals surface area contributed by atoms with Crippen molar-refractivity contribution in [2.75, 3.05) is 20.8 Å². The van der Waals surface area contributed by atoms with Crippen LogP contribution in [0.15, 0.2) is 42.5 Å². The summed E-state index contributed by atoms with van der Waals surface area (Å²) in [6.45, 7) is 3.65. The number of ether oxygens (including phenoxy) is 3. The Morgan fingerprint density at radius 2 is 1.58 bits per heavy atom. The van der Waals surface area contributed by atoms with Crippen LogP contribution in [0.3, 0.4) is 0 Å². The molecule has 194 valence electrons. The van der Waals surface area contributed by atoms with Crippen LogP contribution in [0.5, 0.6) is 11.5 Å². The summed E-state index contributed by atoms with van der Waals surface area (Å²) >= 11 is 0. The molecule has 2 N–H and O–H groups in total. The molecule has 1 aliphatic rings. The molecule has 36 heavy (non-hydrogen) atoms. The van der Waals surface area contributed by atoms with Gasteiger partial charge >= 0.3 is 11.9 Å². The number of aliphatic carboxylic acids is 1. The minimum absolute atomic E-state index is 0.212. The number of fused-ring (bicyclic) bond motifs is 1. The van der Waals surface area contributed by atoms with Crippen molar-refractivity contribution in [3.8, 4) is 11.5 Å². The zero-order valence-electron chi connectivity index (χ0n) is 21.3. The molecule has 1 aliphatic carbocycles. The molecule has 0 aliphatic heterocycles. The lowest BCUT2D eigenvalue weighted by atomic mass is 9.72. The number of nitrogens with one attached hydrogen (secondary N) is 1. The number of carbonyl (C=O) groups is 3. The van der Waals surface area contributed by atoms with Gasteiger partial charge in [-0.2, -0.15) is 0 Å². The summed E-state index contributed by atoms with van der Waals surface area (Å²) in [6, 6.07) is 11.9. The van der Waals surface area contributed by atoms with Gasteiger partial charge in [0.1, 0.15) is 6.04 Å². The Balaban J connectivity index is 1.79. The standard InChI is InChI=1S/C28H35NO7/c1-5-36-28(33)23(12-11-18-9-7-6-8-10-18)29-17(2)26(30)21-13-19-15-24(34-3)25(35-4)16-20(19)14-22(21)27(31)32/h6-10,15-17,21-23,29H,5,11-14H2,1-4H3,(H,31,32)/t17-,21?,22?,23-/m0/s1. The minimum Gasteiger partial charge on any atom is -0.493 e. The van der Waals surface area contributed by atoms with Crippen molar-refractivity contribution < 1.29 is 33.7 Å². The van der Waals surface area contributed by atoms with Gasteiger partial charge in [0.05, 0.1) is 32.8 Å². The van der Waals surface area contributed by atoms with E-state index in [2.05, 4.69) is 5.32 Å². The van der Waals surface area contributed by atoms with E-state index in [1.165, 1.54) is 14.2 Å². The molecule has 8 heteroatoms. The SMILES string of the molecule is CCOC(=O)[C@H](CCc1ccccc1)N[C@@H](C)C(=O)C1Cc2cc(OC)c(OC)cc2CC1C(=O)O. The number of carboxylic acids is 1. The highest BCUT2D eigenvalue weighted by Crippen LogP contribution is 2.38. The van der Waals surface area contributed by atoms with Crippen LogP contribution in [0.4, 0.5) is 0 Å². The van der Waals surface area contributed by atoms with Crippen molar-refractivity contribution in [3.05, 3.63) is 59.2 Å². The topological polar surface area (TPSA) is 111 Å². The van der Waals surface area contributed by atoms with E-state index in [1.54, 1.807) is 19.9 Å². The molecule has 0 heterocycles. The Morgan fingerprint density at radius 3 is 2.11 bits per heavy atom. The van der Waals surface area contributed by atoms with E-state index in [9.17, 15) is 19.5 Å². The maximum Gasteiger partial charge on any atom is 0.323 e. The van der Waals surface area contributed by atoms with Crippen LogP contribution in [0, 0.1) is 11.8 Å². The largest absolute Gasteiger partial charge is 0.493 e. The van der Waals surface area contributed by atoms with Crippen molar-refractivity contribution in [2.45, 2.75) is 51.6 Å². The van der Waals surface area contributed by atoms with Crippen molar-refractivity contribution in [1.82, 2.24) is 5.32 Å². The number of carbonyl (C=O) groups excluding carboxylic acids is 2. The van der Waals surface area contributed by atoms with E-state index >= 15 is 0 Å². The molecular formula is C28H35NO7. The van der Waals surface area contributed by atoms with E-state index in [1.807, 2.05) is 36.4 Å². The summed E-state index contributed by atoms with van der Waals surface area (Å²) in [5, 5.41) is 13.1. The van der Waals surface area contributed by atoms with Gasteiger partial charge in [-0.05, 0) is 68.4 Å². The maximum atomic E-state index is 13.6. The number of benzene rings is 2. The highest BCUT2D eigenvalue weighted by Gasteiger charge is 2.40. The molecule has 8 nitrogen and oxygen atoms in total. The number of Topliss-reactive ketones (excluding diaryl/α,β-unsaturated/α-hetero) is 1. The van der Waals surface area contributed by atoms with Crippen molar-refractivity contribution in [1.29, 1.82) is 0 Å². The summed E-state index contributed by atoms with van der Waals surface area (Å²) in [5.41, 5.74) is 2.77. The van der Waals surface area contributed by atoms with Crippen LogP contribution < -0.4 is 14.8 Å². The first-order valence-electron chi connectivity index (χ1n) is 12.3.